The summed E-state index contributed by atoms with van der Waals surface area (Å²) in [5.74, 6) is 2.83. The molecule has 0 radical (unpaired) electrons. The Labute approximate surface area is 223 Å². The minimum absolute atomic E-state index is 0.00491. The largest absolute Gasteiger partial charge is 0.383 e. The zero-order valence-corrected chi connectivity index (χ0v) is 22.8. The van der Waals surface area contributed by atoms with Crippen molar-refractivity contribution in [2.45, 2.75) is 108 Å². The molecule has 0 unspecified atom stereocenters. The lowest BCUT2D eigenvalue weighted by atomic mass is 9.77. The van der Waals surface area contributed by atoms with Crippen LogP contribution in [-0.2, 0) is 17.3 Å². The van der Waals surface area contributed by atoms with Gasteiger partial charge in [0, 0.05) is 0 Å². The van der Waals surface area contributed by atoms with Crippen LogP contribution in [0.15, 0.2) is 61.2 Å². The predicted molar refractivity (Wildman–Crippen MR) is 150 cm³/mol. The van der Waals surface area contributed by atoms with E-state index in [4.69, 9.17) is 4.74 Å². The summed E-state index contributed by atoms with van der Waals surface area (Å²) in [5.41, 5.74) is 3.58. The van der Waals surface area contributed by atoms with Crippen LogP contribution in [0.4, 0.5) is 8.78 Å². The van der Waals surface area contributed by atoms with Crippen molar-refractivity contribution >= 4 is 0 Å². The monoisotopic (exact) mass is 508 g/mol. The Morgan fingerprint density at radius 1 is 0.784 bits per heavy atom. The number of allylic oxidation sites excluding steroid dienone is 1. The van der Waals surface area contributed by atoms with E-state index < -0.39 is 6.11 Å². The van der Waals surface area contributed by atoms with Crippen molar-refractivity contribution in [2.24, 2.45) is 11.8 Å². The Hall–Kier alpha value is -2.00. The van der Waals surface area contributed by atoms with Gasteiger partial charge >= 0.3 is 6.11 Å². The summed E-state index contributed by atoms with van der Waals surface area (Å²) >= 11 is 0. The van der Waals surface area contributed by atoms with Crippen LogP contribution < -0.4 is 0 Å². The third kappa shape index (κ3) is 7.99. The molecule has 0 atom stereocenters. The third-order valence-corrected chi connectivity index (χ3v) is 9.01. The van der Waals surface area contributed by atoms with E-state index >= 15 is 0 Å². The Morgan fingerprint density at radius 3 is 1.81 bits per heavy atom. The summed E-state index contributed by atoms with van der Waals surface area (Å²) < 4.78 is 34.6. The molecule has 0 bridgehead atoms. The van der Waals surface area contributed by atoms with Crippen molar-refractivity contribution in [2.75, 3.05) is 6.61 Å². The lowest BCUT2D eigenvalue weighted by Crippen LogP contribution is -2.20. The van der Waals surface area contributed by atoms with Crippen LogP contribution >= 0.6 is 0 Å². The summed E-state index contributed by atoms with van der Waals surface area (Å²) in [6.07, 6.45) is 14.1. The smallest absolute Gasteiger partial charge is 0.316 e. The molecule has 202 valence electrons. The number of halogens is 2. The number of alkyl halides is 2. The highest BCUT2D eigenvalue weighted by atomic mass is 19.3. The van der Waals surface area contributed by atoms with Gasteiger partial charge in [0.25, 0.3) is 0 Å². The first kappa shape index (κ1) is 28.0. The van der Waals surface area contributed by atoms with Gasteiger partial charge in [-0.15, -0.1) is 6.58 Å². The molecule has 4 rings (SSSR count). The summed E-state index contributed by atoms with van der Waals surface area (Å²) in [5, 5.41) is 0. The van der Waals surface area contributed by atoms with Crippen molar-refractivity contribution < 1.29 is 13.5 Å². The number of benzene rings is 2. The van der Waals surface area contributed by atoms with Gasteiger partial charge < -0.3 is 4.74 Å². The van der Waals surface area contributed by atoms with Crippen LogP contribution in [0.5, 0.6) is 0 Å². The molecule has 2 saturated carbocycles. The molecular weight excluding hydrogens is 462 g/mol. The molecule has 2 aromatic rings. The maximum atomic E-state index is 14.8. The topological polar surface area (TPSA) is 9.23 Å². The van der Waals surface area contributed by atoms with Crippen molar-refractivity contribution in [3.05, 3.63) is 83.4 Å². The SMILES string of the molecule is C=CCCC1CCC(c2ccc(C(F)(F)OCCc3ccc(C4CCC(CCC)CC4)cc3)cc2)CC1. The molecule has 2 aliphatic carbocycles. The quantitative estimate of drug-likeness (QED) is 0.259. The molecule has 3 heteroatoms. The lowest BCUT2D eigenvalue weighted by molar-refractivity contribution is -0.248. The summed E-state index contributed by atoms with van der Waals surface area (Å²) in [7, 11) is 0. The van der Waals surface area contributed by atoms with Crippen molar-refractivity contribution in [3.8, 4) is 0 Å². The van der Waals surface area contributed by atoms with Crippen LogP contribution in [0.2, 0.25) is 0 Å². The van der Waals surface area contributed by atoms with E-state index in [0.717, 1.165) is 36.7 Å². The van der Waals surface area contributed by atoms with Crippen molar-refractivity contribution in [1.82, 2.24) is 0 Å². The van der Waals surface area contributed by atoms with Gasteiger partial charge in [0.15, 0.2) is 0 Å². The average molecular weight is 509 g/mol. The molecule has 1 nitrogen and oxygen atoms in total. The molecule has 2 aromatic carbocycles. The van der Waals surface area contributed by atoms with E-state index in [1.165, 1.54) is 68.9 Å². The van der Waals surface area contributed by atoms with E-state index in [-0.39, 0.29) is 12.2 Å². The second kappa shape index (κ2) is 13.7. The Balaban J connectivity index is 1.21. The number of rotatable bonds is 12. The molecule has 0 N–H and O–H groups in total. The van der Waals surface area contributed by atoms with Gasteiger partial charge in [-0.05, 0) is 111 Å². The Bertz CT molecular complexity index is 933. The predicted octanol–water partition coefficient (Wildman–Crippen LogP) is 10.3. The van der Waals surface area contributed by atoms with Gasteiger partial charge in [-0.3, -0.25) is 0 Å². The normalized spacial score (nSPS) is 24.6. The molecule has 37 heavy (non-hydrogen) atoms. The second-order valence-electron chi connectivity index (χ2n) is 11.6. The summed E-state index contributed by atoms with van der Waals surface area (Å²) in [4.78, 5) is 0. The molecule has 0 aliphatic heterocycles. The zero-order valence-electron chi connectivity index (χ0n) is 22.8. The molecule has 0 spiro atoms. The summed E-state index contributed by atoms with van der Waals surface area (Å²) in [6.45, 7) is 6.10. The Morgan fingerprint density at radius 2 is 1.30 bits per heavy atom. The average Bonchev–Trinajstić information content (AvgIpc) is 2.93. The van der Waals surface area contributed by atoms with Crippen molar-refractivity contribution in [1.29, 1.82) is 0 Å². The fourth-order valence-corrected chi connectivity index (χ4v) is 6.62. The van der Waals surface area contributed by atoms with Gasteiger partial charge in [0.2, 0.25) is 0 Å². The van der Waals surface area contributed by atoms with Gasteiger partial charge in [0.05, 0.1) is 12.2 Å². The van der Waals surface area contributed by atoms with E-state index in [1.807, 2.05) is 18.2 Å². The van der Waals surface area contributed by atoms with Gasteiger partial charge in [-0.2, -0.15) is 8.78 Å². The number of hydrogen-bond acceptors (Lipinski definition) is 1. The minimum Gasteiger partial charge on any atom is -0.316 e. The first-order valence-electron chi connectivity index (χ1n) is 14.8. The van der Waals surface area contributed by atoms with Crippen LogP contribution in [0.3, 0.4) is 0 Å². The second-order valence-corrected chi connectivity index (χ2v) is 11.6. The van der Waals surface area contributed by atoms with Gasteiger partial charge in [0.1, 0.15) is 0 Å². The first-order valence-corrected chi connectivity index (χ1v) is 14.8. The van der Waals surface area contributed by atoms with Crippen molar-refractivity contribution in [3.63, 3.8) is 0 Å². The van der Waals surface area contributed by atoms with E-state index in [1.54, 1.807) is 12.1 Å². The standard InChI is InChI=1S/C34H46F2O/c1-3-5-7-27-10-16-31(17-11-27)32-20-22-33(23-21-32)34(35,36)37-25-24-28-12-18-30(19-13-28)29-14-8-26(6-4-2)9-15-29/h3,12-13,18-23,26-27,29,31H,1,4-11,14-17,24-25H2,2H3. The number of ether oxygens (including phenoxy) is 1. The highest BCUT2D eigenvalue weighted by Gasteiger charge is 2.33. The van der Waals surface area contributed by atoms with Crippen LogP contribution in [-0.4, -0.2) is 6.61 Å². The molecular formula is C34H46F2O. The molecule has 0 saturated heterocycles. The fourth-order valence-electron chi connectivity index (χ4n) is 6.62. The Kier molecular flexibility index (Phi) is 10.4. The van der Waals surface area contributed by atoms with Crippen LogP contribution in [0.1, 0.15) is 118 Å². The molecule has 2 aliphatic rings. The zero-order chi connectivity index (χ0) is 26.1. The van der Waals surface area contributed by atoms with Crippen LogP contribution in [0.25, 0.3) is 0 Å². The maximum absolute atomic E-state index is 14.8. The van der Waals surface area contributed by atoms with Crippen LogP contribution in [0, 0.1) is 11.8 Å². The molecule has 0 aromatic heterocycles. The fraction of sp³-hybridized carbons (Fsp3) is 0.588. The molecule has 0 heterocycles. The highest BCUT2D eigenvalue weighted by molar-refractivity contribution is 5.28. The molecule has 0 amide bonds. The first-order chi connectivity index (χ1) is 18.0. The lowest BCUT2D eigenvalue weighted by Gasteiger charge is -2.29. The summed E-state index contributed by atoms with van der Waals surface area (Å²) in [6, 6.07) is 15.5. The van der Waals surface area contributed by atoms with E-state index in [0.29, 0.717) is 18.3 Å². The van der Waals surface area contributed by atoms with E-state index in [9.17, 15) is 8.78 Å². The molecule has 2 fully saturated rings. The number of hydrogen-bond donors (Lipinski definition) is 0. The minimum atomic E-state index is -3.27. The van der Waals surface area contributed by atoms with E-state index in [2.05, 4.69) is 37.8 Å². The highest BCUT2D eigenvalue weighted by Crippen LogP contribution is 2.39. The maximum Gasteiger partial charge on any atom is 0.383 e. The third-order valence-electron chi connectivity index (χ3n) is 9.01. The van der Waals surface area contributed by atoms with Gasteiger partial charge in [-0.1, -0.05) is 74.4 Å². The van der Waals surface area contributed by atoms with Gasteiger partial charge in [-0.25, -0.2) is 0 Å².